The van der Waals surface area contributed by atoms with Crippen LogP contribution in [-0.4, -0.2) is 25.2 Å². The lowest BCUT2D eigenvalue weighted by atomic mass is 10.1. The van der Waals surface area contributed by atoms with E-state index in [1.807, 2.05) is 54.6 Å². The van der Waals surface area contributed by atoms with E-state index in [-0.39, 0.29) is 0 Å². The standard InChI is InChI=1S/C17H12ClN5S/c18-15-9-8-12(16-14(15)7-4-10-19-16)11-24-17-20-21-22-23(17)13-5-2-1-3-6-13/h1-10H,11H2. The maximum Gasteiger partial charge on any atom is 0.214 e. The van der Waals surface area contributed by atoms with Crippen molar-refractivity contribution in [1.29, 1.82) is 0 Å². The number of hydrogen-bond acceptors (Lipinski definition) is 5. The SMILES string of the molecule is Clc1ccc(CSc2nnnn2-c2ccccc2)c2ncccc12. The summed E-state index contributed by atoms with van der Waals surface area (Å²) in [6.45, 7) is 0. The molecular formula is C17H12ClN5S. The third kappa shape index (κ3) is 2.86. The highest BCUT2D eigenvalue weighted by atomic mass is 35.5. The molecule has 0 spiro atoms. The Bertz CT molecular complexity index is 987. The molecule has 4 aromatic rings. The molecule has 2 aromatic heterocycles. The van der Waals surface area contributed by atoms with Crippen LogP contribution in [0.2, 0.25) is 5.02 Å². The smallest absolute Gasteiger partial charge is 0.214 e. The van der Waals surface area contributed by atoms with Crippen molar-refractivity contribution in [1.82, 2.24) is 25.2 Å². The number of aromatic nitrogens is 5. The number of rotatable bonds is 4. The van der Waals surface area contributed by atoms with Crippen molar-refractivity contribution in [3.05, 3.63) is 71.4 Å². The fourth-order valence-electron chi connectivity index (χ4n) is 2.46. The van der Waals surface area contributed by atoms with E-state index in [1.165, 1.54) is 0 Å². The van der Waals surface area contributed by atoms with Crippen LogP contribution in [0.25, 0.3) is 16.6 Å². The van der Waals surface area contributed by atoms with Crippen LogP contribution in [0.5, 0.6) is 0 Å². The first kappa shape index (κ1) is 15.1. The number of pyridine rings is 1. The number of hydrogen-bond donors (Lipinski definition) is 0. The van der Waals surface area contributed by atoms with Gasteiger partial charge in [-0.05, 0) is 46.3 Å². The molecule has 0 aliphatic carbocycles. The molecule has 118 valence electrons. The zero-order chi connectivity index (χ0) is 16.4. The topological polar surface area (TPSA) is 56.5 Å². The van der Waals surface area contributed by atoms with Gasteiger partial charge in [0.15, 0.2) is 0 Å². The van der Waals surface area contributed by atoms with E-state index in [4.69, 9.17) is 11.6 Å². The minimum Gasteiger partial charge on any atom is -0.256 e. The van der Waals surface area contributed by atoms with Gasteiger partial charge in [-0.15, -0.1) is 5.10 Å². The molecule has 4 rings (SSSR count). The maximum absolute atomic E-state index is 6.25. The van der Waals surface area contributed by atoms with Gasteiger partial charge < -0.3 is 0 Å². The first-order chi connectivity index (χ1) is 11.8. The summed E-state index contributed by atoms with van der Waals surface area (Å²) < 4.78 is 1.73. The Morgan fingerprint density at radius 1 is 1.00 bits per heavy atom. The maximum atomic E-state index is 6.25. The van der Waals surface area contributed by atoms with E-state index in [0.29, 0.717) is 10.8 Å². The van der Waals surface area contributed by atoms with Crippen LogP contribution < -0.4 is 0 Å². The van der Waals surface area contributed by atoms with Crippen molar-refractivity contribution >= 4 is 34.3 Å². The summed E-state index contributed by atoms with van der Waals surface area (Å²) in [5, 5.41) is 14.4. The van der Waals surface area contributed by atoms with E-state index in [0.717, 1.165) is 27.3 Å². The third-order valence-electron chi connectivity index (χ3n) is 3.60. The van der Waals surface area contributed by atoms with E-state index < -0.39 is 0 Å². The lowest BCUT2D eigenvalue weighted by Crippen LogP contribution is -1.98. The molecule has 0 unspecified atom stereocenters. The minimum atomic E-state index is 0.706. The molecule has 0 aliphatic rings. The van der Waals surface area contributed by atoms with E-state index in [2.05, 4.69) is 20.5 Å². The summed E-state index contributed by atoms with van der Waals surface area (Å²) >= 11 is 7.82. The monoisotopic (exact) mass is 353 g/mol. The Morgan fingerprint density at radius 3 is 2.75 bits per heavy atom. The van der Waals surface area contributed by atoms with Crippen LogP contribution in [0.1, 0.15) is 5.56 Å². The van der Waals surface area contributed by atoms with Crippen molar-refractivity contribution in [2.45, 2.75) is 10.9 Å². The number of benzene rings is 2. The summed E-state index contributed by atoms with van der Waals surface area (Å²) in [6.07, 6.45) is 1.78. The number of fused-ring (bicyclic) bond motifs is 1. The molecule has 0 atom stereocenters. The number of halogens is 1. The summed E-state index contributed by atoms with van der Waals surface area (Å²) in [5.74, 6) is 0.706. The Morgan fingerprint density at radius 2 is 1.88 bits per heavy atom. The molecule has 7 heteroatoms. The number of nitrogens with zero attached hydrogens (tertiary/aromatic N) is 5. The normalized spacial score (nSPS) is 11.0. The fraction of sp³-hybridized carbons (Fsp3) is 0.0588. The van der Waals surface area contributed by atoms with Crippen molar-refractivity contribution in [3.63, 3.8) is 0 Å². The number of para-hydroxylation sites is 1. The second-order valence-electron chi connectivity index (χ2n) is 5.10. The number of thioether (sulfide) groups is 1. The van der Waals surface area contributed by atoms with Gasteiger partial charge >= 0.3 is 0 Å². The van der Waals surface area contributed by atoms with E-state index in [9.17, 15) is 0 Å². The molecule has 24 heavy (non-hydrogen) atoms. The molecule has 0 radical (unpaired) electrons. The predicted octanol–water partition coefficient (Wildman–Crippen LogP) is 4.16. The van der Waals surface area contributed by atoms with Crippen LogP contribution in [0.4, 0.5) is 0 Å². The van der Waals surface area contributed by atoms with Crippen LogP contribution in [-0.2, 0) is 5.75 Å². The Kier molecular flexibility index (Phi) is 4.15. The fourth-order valence-corrected chi connectivity index (χ4v) is 3.55. The van der Waals surface area contributed by atoms with Gasteiger partial charge in [0.25, 0.3) is 0 Å². The lowest BCUT2D eigenvalue weighted by molar-refractivity contribution is 0.756. The predicted molar refractivity (Wildman–Crippen MR) is 95.5 cm³/mol. The first-order valence-corrected chi connectivity index (χ1v) is 8.68. The van der Waals surface area contributed by atoms with Gasteiger partial charge in [-0.25, -0.2) is 0 Å². The van der Waals surface area contributed by atoms with Crippen LogP contribution in [0, 0.1) is 0 Å². The van der Waals surface area contributed by atoms with Gasteiger partial charge in [0.1, 0.15) is 0 Å². The molecule has 0 bridgehead atoms. The van der Waals surface area contributed by atoms with Crippen molar-refractivity contribution < 1.29 is 0 Å². The molecule has 2 heterocycles. The molecule has 0 amide bonds. The summed E-state index contributed by atoms with van der Waals surface area (Å²) in [6, 6.07) is 17.6. The minimum absolute atomic E-state index is 0.706. The Hall–Kier alpha value is -2.44. The quantitative estimate of drug-likeness (QED) is 0.516. The Labute approximate surface area is 147 Å². The molecular weight excluding hydrogens is 342 g/mol. The third-order valence-corrected chi connectivity index (χ3v) is 4.90. The van der Waals surface area contributed by atoms with E-state index >= 15 is 0 Å². The van der Waals surface area contributed by atoms with Gasteiger partial charge in [0.05, 0.1) is 11.2 Å². The summed E-state index contributed by atoms with van der Waals surface area (Å²) in [7, 11) is 0. The average Bonchev–Trinajstić information content (AvgIpc) is 3.11. The second kappa shape index (κ2) is 6.59. The van der Waals surface area contributed by atoms with Crippen molar-refractivity contribution in [2.24, 2.45) is 0 Å². The zero-order valence-electron chi connectivity index (χ0n) is 12.5. The largest absolute Gasteiger partial charge is 0.256 e. The van der Waals surface area contributed by atoms with Gasteiger partial charge in [-0.1, -0.05) is 47.6 Å². The molecule has 0 saturated heterocycles. The molecule has 0 saturated carbocycles. The van der Waals surface area contributed by atoms with Crippen molar-refractivity contribution in [3.8, 4) is 5.69 Å². The lowest BCUT2D eigenvalue weighted by Gasteiger charge is -2.07. The van der Waals surface area contributed by atoms with Crippen LogP contribution in [0.3, 0.4) is 0 Å². The zero-order valence-corrected chi connectivity index (χ0v) is 14.1. The van der Waals surface area contributed by atoms with Gasteiger partial charge in [0.2, 0.25) is 5.16 Å². The Balaban J connectivity index is 1.63. The molecule has 2 aromatic carbocycles. The summed E-state index contributed by atoms with van der Waals surface area (Å²) in [5.41, 5.74) is 2.95. The van der Waals surface area contributed by atoms with Crippen LogP contribution >= 0.6 is 23.4 Å². The van der Waals surface area contributed by atoms with Gasteiger partial charge in [-0.3, -0.25) is 4.98 Å². The van der Waals surface area contributed by atoms with Crippen LogP contribution in [0.15, 0.2) is 66.0 Å². The molecule has 0 aliphatic heterocycles. The van der Waals surface area contributed by atoms with E-state index in [1.54, 1.807) is 22.6 Å². The summed E-state index contributed by atoms with van der Waals surface area (Å²) in [4.78, 5) is 4.47. The van der Waals surface area contributed by atoms with Crippen molar-refractivity contribution in [2.75, 3.05) is 0 Å². The average molecular weight is 354 g/mol. The highest BCUT2D eigenvalue weighted by Gasteiger charge is 2.11. The van der Waals surface area contributed by atoms with Gasteiger partial charge in [-0.2, -0.15) is 4.68 Å². The number of tetrazole rings is 1. The first-order valence-electron chi connectivity index (χ1n) is 7.31. The molecule has 0 N–H and O–H groups in total. The second-order valence-corrected chi connectivity index (χ2v) is 6.45. The highest BCUT2D eigenvalue weighted by Crippen LogP contribution is 2.29. The molecule has 5 nitrogen and oxygen atoms in total. The molecule has 0 fully saturated rings. The highest BCUT2D eigenvalue weighted by molar-refractivity contribution is 7.98. The van der Waals surface area contributed by atoms with Gasteiger partial charge in [0, 0.05) is 22.4 Å².